The Kier molecular flexibility index (Phi) is 5.54. The standard InChI is InChI=1S/C21H24F3N3O2S/c1-25-11-13-26(14-12-25)9-4-10-27-17-5-2-3-6-19(17)30(28,29)20-8-7-16(15-18(20)27)21(22,23)24/h2-3,5-8,15H,4,9-14H2,1H3. The maximum atomic E-state index is 13.3. The lowest BCUT2D eigenvalue weighted by Gasteiger charge is -2.35. The SMILES string of the molecule is CN1CCN(CCCN2c3ccccc3S(=O)(=O)c3ccc(C(F)(F)F)cc32)CC1. The maximum Gasteiger partial charge on any atom is 0.416 e. The Morgan fingerprint density at radius 1 is 0.900 bits per heavy atom. The van der Waals surface area contributed by atoms with Crippen molar-refractivity contribution in [2.24, 2.45) is 0 Å². The number of hydrogen-bond donors (Lipinski definition) is 0. The average Bonchev–Trinajstić information content (AvgIpc) is 2.71. The molecular formula is C21H24F3N3O2S. The van der Waals surface area contributed by atoms with Gasteiger partial charge in [-0.2, -0.15) is 13.2 Å². The highest BCUT2D eigenvalue weighted by Gasteiger charge is 2.37. The summed E-state index contributed by atoms with van der Waals surface area (Å²) < 4.78 is 66.0. The number of anilines is 2. The normalized spacial score (nSPS) is 19.4. The number of hydrogen-bond acceptors (Lipinski definition) is 5. The van der Waals surface area contributed by atoms with Crippen LogP contribution in [0.1, 0.15) is 12.0 Å². The molecule has 0 atom stereocenters. The minimum Gasteiger partial charge on any atom is -0.339 e. The Labute approximate surface area is 174 Å². The van der Waals surface area contributed by atoms with Crippen LogP contribution in [-0.4, -0.2) is 64.5 Å². The van der Waals surface area contributed by atoms with Crippen molar-refractivity contribution in [2.75, 3.05) is 51.2 Å². The molecule has 0 radical (unpaired) electrons. The van der Waals surface area contributed by atoms with Gasteiger partial charge in [0.25, 0.3) is 0 Å². The summed E-state index contributed by atoms with van der Waals surface area (Å²) in [5.41, 5.74) is -0.315. The van der Waals surface area contributed by atoms with Crippen molar-refractivity contribution < 1.29 is 21.6 Å². The molecule has 1 saturated heterocycles. The van der Waals surface area contributed by atoms with Gasteiger partial charge in [0.1, 0.15) is 0 Å². The summed E-state index contributed by atoms with van der Waals surface area (Å²) in [5.74, 6) is 0. The fourth-order valence-electron chi connectivity index (χ4n) is 4.05. The third-order valence-corrected chi connectivity index (χ3v) is 7.61. The molecule has 0 aliphatic carbocycles. The molecule has 0 saturated carbocycles. The first-order valence-corrected chi connectivity index (χ1v) is 11.4. The molecule has 0 unspecified atom stereocenters. The number of nitrogens with zero attached hydrogens (tertiary/aromatic N) is 3. The third-order valence-electron chi connectivity index (χ3n) is 5.76. The Morgan fingerprint density at radius 3 is 2.27 bits per heavy atom. The number of rotatable bonds is 4. The molecule has 2 aliphatic rings. The first-order valence-electron chi connectivity index (χ1n) is 9.92. The zero-order valence-electron chi connectivity index (χ0n) is 16.7. The van der Waals surface area contributed by atoms with Crippen LogP contribution in [0, 0.1) is 0 Å². The van der Waals surface area contributed by atoms with E-state index in [1.54, 1.807) is 23.1 Å². The van der Waals surface area contributed by atoms with Gasteiger partial charge in [-0.05, 0) is 50.3 Å². The van der Waals surface area contributed by atoms with Crippen LogP contribution >= 0.6 is 0 Å². The van der Waals surface area contributed by atoms with Crippen molar-refractivity contribution in [1.82, 2.24) is 9.80 Å². The summed E-state index contributed by atoms with van der Waals surface area (Å²) in [5, 5.41) is 0. The third kappa shape index (κ3) is 3.93. The van der Waals surface area contributed by atoms with E-state index in [0.29, 0.717) is 18.7 Å². The van der Waals surface area contributed by atoms with Crippen molar-refractivity contribution in [3.63, 3.8) is 0 Å². The Bertz CT molecular complexity index is 1030. The minimum absolute atomic E-state index is 0.0752. The Balaban J connectivity index is 1.66. The molecule has 0 spiro atoms. The second-order valence-electron chi connectivity index (χ2n) is 7.80. The fraction of sp³-hybridized carbons (Fsp3) is 0.429. The van der Waals surface area contributed by atoms with Gasteiger partial charge in [-0.3, -0.25) is 0 Å². The van der Waals surface area contributed by atoms with Gasteiger partial charge in [-0.1, -0.05) is 12.1 Å². The largest absolute Gasteiger partial charge is 0.416 e. The van der Waals surface area contributed by atoms with Crippen molar-refractivity contribution in [1.29, 1.82) is 0 Å². The topological polar surface area (TPSA) is 43.9 Å². The molecule has 0 N–H and O–H groups in total. The highest BCUT2D eigenvalue weighted by atomic mass is 32.2. The van der Waals surface area contributed by atoms with Crippen molar-refractivity contribution in [3.8, 4) is 0 Å². The predicted octanol–water partition coefficient (Wildman–Crippen LogP) is 3.63. The lowest BCUT2D eigenvalue weighted by Crippen LogP contribution is -2.45. The smallest absolute Gasteiger partial charge is 0.339 e. The number of halogens is 3. The second kappa shape index (κ2) is 7.86. The van der Waals surface area contributed by atoms with E-state index in [4.69, 9.17) is 0 Å². The molecule has 2 heterocycles. The molecule has 30 heavy (non-hydrogen) atoms. The molecular weight excluding hydrogens is 415 g/mol. The lowest BCUT2D eigenvalue weighted by molar-refractivity contribution is -0.137. The number of fused-ring (bicyclic) bond motifs is 2. The van der Waals surface area contributed by atoms with E-state index < -0.39 is 21.6 Å². The van der Waals surface area contributed by atoms with Gasteiger partial charge in [-0.25, -0.2) is 8.42 Å². The van der Waals surface area contributed by atoms with E-state index >= 15 is 0 Å². The van der Waals surface area contributed by atoms with Crippen LogP contribution in [0.3, 0.4) is 0 Å². The highest BCUT2D eigenvalue weighted by Crippen LogP contribution is 2.46. The predicted molar refractivity (Wildman–Crippen MR) is 109 cm³/mol. The van der Waals surface area contributed by atoms with Gasteiger partial charge >= 0.3 is 6.18 Å². The molecule has 0 aromatic heterocycles. The molecule has 5 nitrogen and oxygen atoms in total. The van der Waals surface area contributed by atoms with E-state index in [2.05, 4.69) is 16.8 Å². The van der Waals surface area contributed by atoms with Crippen molar-refractivity contribution in [3.05, 3.63) is 48.0 Å². The molecule has 4 rings (SSSR count). The van der Waals surface area contributed by atoms with Crippen molar-refractivity contribution >= 4 is 21.2 Å². The van der Waals surface area contributed by atoms with Crippen LogP contribution in [-0.2, 0) is 16.0 Å². The second-order valence-corrected chi connectivity index (χ2v) is 9.69. The molecule has 2 aromatic carbocycles. The summed E-state index contributed by atoms with van der Waals surface area (Å²) in [6.45, 7) is 5.14. The van der Waals surface area contributed by atoms with Crippen molar-refractivity contribution in [2.45, 2.75) is 22.4 Å². The highest BCUT2D eigenvalue weighted by molar-refractivity contribution is 7.92. The first kappa shape index (κ1) is 21.1. The molecule has 2 aromatic rings. The molecule has 0 amide bonds. The summed E-state index contributed by atoms with van der Waals surface area (Å²) in [7, 11) is -1.79. The zero-order valence-corrected chi connectivity index (χ0v) is 17.5. The zero-order chi connectivity index (χ0) is 21.5. The molecule has 9 heteroatoms. The number of para-hydroxylation sites is 1. The van der Waals surface area contributed by atoms with E-state index in [1.807, 2.05) is 0 Å². The maximum absolute atomic E-state index is 13.3. The number of benzene rings is 2. The lowest BCUT2D eigenvalue weighted by atomic mass is 10.1. The van der Waals surface area contributed by atoms with E-state index in [-0.39, 0.29) is 15.5 Å². The van der Waals surface area contributed by atoms with Crippen LogP contribution in [0.5, 0.6) is 0 Å². The summed E-state index contributed by atoms with van der Waals surface area (Å²) in [6.07, 6.45) is -3.82. The van der Waals surface area contributed by atoms with E-state index in [9.17, 15) is 21.6 Å². The average molecular weight is 440 g/mol. The monoisotopic (exact) mass is 439 g/mol. The number of sulfone groups is 1. The van der Waals surface area contributed by atoms with Crippen LogP contribution in [0.15, 0.2) is 52.3 Å². The van der Waals surface area contributed by atoms with Crippen LogP contribution in [0.2, 0.25) is 0 Å². The van der Waals surface area contributed by atoms with Gasteiger partial charge in [0.15, 0.2) is 0 Å². The van der Waals surface area contributed by atoms with E-state index in [1.165, 1.54) is 6.07 Å². The summed E-state index contributed by atoms with van der Waals surface area (Å²) >= 11 is 0. The van der Waals surface area contributed by atoms with Gasteiger partial charge in [0.05, 0.1) is 26.7 Å². The minimum atomic E-state index is -4.54. The van der Waals surface area contributed by atoms with Gasteiger partial charge in [0.2, 0.25) is 9.84 Å². The van der Waals surface area contributed by atoms with Crippen LogP contribution < -0.4 is 4.90 Å². The molecule has 0 bridgehead atoms. The number of alkyl halides is 3. The summed E-state index contributed by atoms with van der Waals surface area (Å²) in [6, 6.07) is 9.39. The molecule has 2 aliphatic heterocycles. The quantitative estimate of drug-likeness (QED) is 0.728. The van der Waals surface area contributed by atoms with E-state index in [0.717, 1.165) is 50.9 Å². The summed E-state index contributed by atoms with van der Waals surface area (Å²) in [4.78, 5) is 6.37. The molecule has 162 valence electrons. The van der Waals surface area contributed by atoms with Gasteiger partial charge in [-0.15, -0.1) is 0 Å². The van der Waals surface area contributed by atoms with Crippen LogP contribution in [0.4, 0.5) is 24.5 Å². The number of piperazine rings is 1. The van der Waals surface area contributed by atoms with Crippen LogP contribution in [0.25, 0.3) is 0 Å². The Morgan fingerprint density at radius 2 is 1.57 bits per heavy atom. The first-order chi connectivity index (χ1) is 14.2. The fourth-order valence-corrected chi connectivity index (χ4v) is 5.69. The van der Waals surface area contributed by atoms with Gasteiger partial charge < -0.3 is 14.7 Å². The van der Waals surface area contributed by atoms with Gasteiger partial charge in [0, 0.05) is 32.7 Å². The molecule has 1 fully saturated rings. The number of likely N-dealkylation sites (N-methyl/N-ethyl adjacent to an activating group) is 1. The Hall–Kier alpha value is -2.10.